The fourth-order valence-electron chi connectivity index (χ4n) is 4.28. The lowest BCUT2D eigenvalue weighted by atomic mass is 9.89. The first-order valence-electron chi connectivity index (χ1n) is 11.6. The molecule has 0 saturated heterocycles. The average molecular weight is 545 g/mol. The minimum absolute atomic E-state index is 0.0170. The molecule has 0 saturated carbocycles. The van der Waals surface area contributed by atoms with Gasteiger partial charge in [0.15, 0.2) is 0 Å². The van der Waals surface area contributed by atoms with Crippen molar-refractivity contribution in [3.05, 3.63) is 77.3 Å². The molecule has 0 radical (unpaired) electrons. The summed E-state index contributed by atoms with van der Waals surface area (Å²) in [6, 6.07) is 17.4. The Balaban J connectivity index is 1.66. The first kappa shape index (κ1) is 26.6. The molecule has 1 heterocycles. The molecule has 0 aromatic heterocycles. The van der Waals surface area contributed by atoms with Crippen molar-refractivity contribution in [3.63, 3.8) is 0 Å². The molecule has 4 rings (SSSR count). The topological polar surface area (TPSA) is 94.2 Å². The van der Waals surface area contributed by atoms with Gasteiger partial charge in [0.25, 0.3) is 10.0 Å². The molecule has 1 N–H and O–H groups in total. The molecule has 0 spiro atoms. The fraction of sp³-hybridized carbons (Fsp3) is 0.296. The van der Waals surface area contributed by atoms with Gasteiger partial charge in [-0.05, 0) is 74.5 Å². The van der Waals surface area contributed by atoms with Gasteiger partial charge in [-0.3, -0.25) is 9.10 Å². The molecule has 3 aromatic carbocycles. The van der Waals surface area contributed by atoms with Crippen molar-refractivity contribution >= 4 is 33.2 Å². The van der Waals surface area contributed by atoms with E-state index in [4.69, 9.17) is 25.8 Å². The van der Waals surface area contributed by atoms with E-state index in [1.807, 2.05) is 19.9 Å². The number of hydrogen-bond donors (Lipinski definition) is 1. The van der Waals surface area contributed by atoms with E-state index in [0.717, 1.165) is 9.87 Å². The molecule has 1 atom stereocenters. The molecule has 10 heteroatoms. The van der Waals surface area contributed by atoms with Gasteiger partial charge in [-0.25, -0.2) is 8.42 Å². The van der Waals surface area contributed by atoms with Crippen molar-refractivity contribution < 1.29 is 27.4 Å². The number of methoxy groups -OCH3 is 2. The third-order valence-electron chi connectivity index (χ3n) is 6.04. The Kier molecular flexibility index (Phi) is 7.57. The summed E-state index contributed by atoms with van der Waals surface area (Å²) in [7, 11) is -1.05. The Morgan fingerprint density at radius 3 is 2.38 bits per heavy atom. The van der Waals surface area contributed by atoms with Crippen LogP contribution in [0.25, 0.3) is 0 Å². The molecule has 1 unspecified atom stereocenters. The van der Waals surface area contributed by atoms with Crippen LogP contribution in [0.4, 0.5) is 5.69 Å². The number of amides is 1. The summed E-state index contributed by atoms with van der Waals surface area (Å²) < 4.78 is 45.0. The third-order valence-corrected chi connectivity index (χ3v) is 8.06. The number of hydrogen-bond acceptors (Lipinski definition) is 6. The zero-order valence-corrected chi connectivity index (χ0v) is 22.6. The van der Waals surface area contributed by atoms with E-state index in [1.165, 1.54) is 25.3 Å². The van der Waals surface area contributed by atoms with E-state index >= 15 is 0 Å². The summed E-state index contributed by atoms with van der Waals surface area (Å²) >= 11 is 6.17. The van der Waals surface area contributed by atoms with Crippen molar-refractivity contribution in [3.8, 4) is 17.2 Å². The van der Waals surface area contributed by atoms with Gasteiger partial charge in [0.2, 0.25) is 5.91 Å². The second-order valence-electron chi connectivity index (χ2n) is 9.26. The fourth-order valence-corrected chi connectivity index (χ4v) is 5.88. The quantitative estimate of drug-likeness (QED) is 0.430. The third kappa shape index (κ3) is 5.94. The number of rotatable bonds is 8. The lowest BCUT2D eigenvalue weighted by molar-refractivity contribution is -0.120. The van der Waals surface area contributed by atoms with Crippen LogP contribution in [0.5, 0.6) is 17.2 Å². The van der Waals surface area contributed by atoms with E-state index in [2.05, 4.69) is 5.32 Å². The van der Waals surface area contributed by atoms with Crippen LogP contribution in [-0.2, 0) is 14.8 Å². The van der Waals surface area contributed by atoms with E-state index in [-0.39, 0.29) is 10.6 Å². The predicted molar refractivity (Wildman–Crippen MR) is 142 cm³/mol. The van der Waals surface area contributed by atoms with Crippen LogP contribution in [0.15, 0.2) is 71.6 Å². The van der Waals surface area contributed by atoms with Crippen LogP contribution in [0.3, 0.4) is 0 Å². The van der Waals surface area contributed by atoms with Crippen LogP contribution in [-0.4, -0.2) is 40.7 Å². The molecule has 37 heavy (non-hydrogen) atoms. The number of anilines is 1. The van der Waals surface area contributed by atoms with Gasteiger partial charge in [-0.2, -0.15) is 0 Å². The highest BCUT2D eigenvalue weighted by atomic mass is 35.5. The number of halogens is 1. The minimum atomic E-state index is -4.11. The van der Waals surface area contributed by atoms with Crippen LogP contribution in [0.2, 0.25) is 5.02 Å². The van der Waals surface area contributed by atoms with E-state index < -0.39 is 34.1 Å². The summed E-state index contributed by atoms with van der Waals surface area (Å²) in [6.07, 6.45) is 0.487. The standard InChI is InChI=1S/C27H29ClN2O6S/c1-27(2)16-24(23-15-21(35-4)10-13-25(23)36-27)29-26(31)17-30(19-7-5-6-18(28)14-19)37(32,33)22-11-8-20(34-3)9-12-22/h5-15,24H,16-17H2,1-4H3,(H,29,31). The lowest BCUT2D eigenvalue weighted by Crippen LogP contribution is -2.45. The molecule has 0 bridgehead atoms. The van der Waals surface area contributed by atoms with Crippen LogP contribution in [0.1, 0.15) is 31.9 Å². The van der Waals surface area contributed by atoms with Crippen LogP contribution >= 0.6 is 11.6 Å². The Bertz CT molecular complexity index is 1390. The normalized spacial score (nSPS) is 16.2. The molecule has 1 aliphatic rings. The second kappa shape index (κ2) is 10.5. The van der Waals surface area contributed by atoms with Gasteiger partial charge < -0.3 is 19.5 Å². The number of nitrogens with zero attached hydrogens (tertiary/aromatic N) is 1. The first-order valence-corrected chi connectivity index (χ1v) is 13.4. The Morgan fingerprint density at radius 1 is 1.05 bits per heavy atom. The van der Waals surface area contributed by atoms with Crippen molar-refractivity contribution in [2.45, 2.75) is 36.8 Å². The zero-order chi connectivity index (χ0) is 26.8. The van der Waals surface area contributed by atoms with Gasteiger partial charge in [-0.1, -0.05) is 17.7 Å². The van der Waals surface area contributed by atoms with Gasteiger partial charge in [0.05, 0.1) is 30.8 Å². The number of carbonyl (C=O) groups is 1. The number of sulfonamides is 1. The largest absolute Gasteiger partial charge is 0.497 e. The highest BCUT2D eigenvalue weighted by Gasteiger charge is 2.36. The van der Waals surface area contributed by atoms with Gasteiger partial charge in [-0.15, -0.1) is 0 Å². The van der Waals surface area contributed by atoms with Crippen LogP contribution in [0, 0.1) is 0 Å². The first-order chi connectivity index (χ1) is 17.5. The summed E-state index contributed by atoms with van der Waals surface area (Å²) in [4.78, 5) is 13.4. The molecule has 196 valence electrons. The van der Waals surface area contributed by atoms with Crippen molar-refractivity contribution in [1.82, 2.24) is 5.32 Å². The SMILES string of the molecule is COc1ccc(S(=O)(=O)N(CC(=O)NC2CC(C)(C)Oc3ccc(OC)cc32)c2cccc(Cl)c2)cc1. The predicted octanol–water partition coefficient (Wildman–Crippen LogP) is 4.97. The number of benzene rings is 3. The van der Waals surface area contributed by atoms with Crippen LogP contribution < -0.4 is 23.8 Å². The van der Waals surface area contributed by atoms with Gasteiger partial charge in [0.1, 0.15) is 29.4 Å². The summed E-state index contributed by atoms with van der Waals surface area (Å²) in [5.74, 6) is 1.31. The van der Waals surface area contributed by atoms with E-state index in [1.54, 1.807) is 49.6 Å². The molecular weight excluding hydrogens is 516 g/mol. The molecule has 8 nitrogen and oxygen atoms in total. The molecule has 1 amide bonds. The maximum absolute atomic E-state index is 13.7. The maximum Gasteiger partial charge on any atom is 0.264 e. The van der Waals surface area contributed by atoms with Crippen molar-refractivity contribution in [1.29, 1.82) is 0 Å². The Morgan fingerprint density at radius 2 is 1.73 bits per heavy atom. The summed E-state index contributed by atoms with van der Waals surface area (Å²) in [5.41, 5.74) is 0.494. The zero-order valence-electron chi connectivity index (χ0n) is 21.0. The van der Waals surface area contributed by atoms with Crippen molar-refractivity contribution in [2.75, 3.05) is 25.1 Å². The smallest absolute Gasteiger partial charge is 0.264 e. The van der Waals surface area contributed by atoms with E-state index in [9.17, 15) is 13.2 Å². The maximum atomic E-state index is 13.7. The van der Waals surface area contributed by atoms with E-state index in [0.29, 0.717) is 28.7 Å². The average Bonchev–Trinajstić information content (AvgIpc) is 2.86. The minimum Gasteiger partial charge on any atom is -0.497 e. The van der Waals surface area contributed by atoms with Gasteiger partial charge in [0, 0.05) is 17.0 Å². The number of nitrogens with one attached hydrogen (secondary N) is 1. The molecule has 3 aromatic rings. The van der Waals surface area contributed by atoms with Crippen molar-refractivity contribution in [2.24, 2.45) is 0 Å². The molecule has 0 fully saturated rings. The Hall–Kier alpha value is -3.43. The second-order valence-corrected chi connectivity index (χ2v) is 11.6. The lowest BCUT2D eigenvalue weighted by Gasteiger charge is -2.38. The number of fused-ring (bicyclic) bond motifs is 1. The van der Waals surface area contributed by atoms with Gasteiger partial charge >= 0.3 is 0 Å². The Labute approximate surface area is 222 Å². The number of carbonyl (C=O) groups excluding carboxylic acids is 1. The highest BCUT2D eigenvalue weighted by Crippen LogP contribution is 2.41. The summed E-state index contributed by atoms with van der Waals surface area (Å²) in [6.45, 7) is 3.42. The molecular formula is C27H29ClN2O6S. The summed E-state index contributed by atoms with van der Waals surface area (Å²) in [5, 5.41) is 3.35. The highest BCUT2D eigenvalue weighted by molar-refractivity contribution is 7.92. The molecule has 0 aliphatic carbocycles. The number of ether oxygens (including phenoxy) is 3. The molecule has 1 aliphatic heterocycles. The monoisotopic (exact) mass is 544 g/mol.